The third-order valence-electron chi connectivity index (χ3n) is 4.81. The molecule has 0 amide bonds. The zero-order valence-electron chi connectivity index (χ0n) is 13.4. The first kappa shape index (κ1) is 17.0. The maximum Gasteiger partial charge on any atom is 0.0210 e. The highest BCUT2D eigenvalue weighted by Crippen LogP contribution is 2.38. The summed E-state index contributed by atoms with van der Waals surface area (Å²) in [5.41, 5.74) is 0. The zero-order chi connectivity index (χ0) is 14.2. The zero-order valence-corrected chi connectivity index (χ0v) is 15.0. The van der Waals surface area contributed by atoms with E-state index >= 15 is 0 Å². The SMILES string of the molecule is CCN(SSN(CC)C1CCCCC1)C1CCCCC1. The normalized spacial score (nSPS) is 22.8. The lowest BCUT2D eigenvalue weighted by Crippen LogP contribution is -2.34. The quantitative estimate of drug-likeness (QED) is 0.451. The molecule has 0 spiro atoms. The fraction of sp³-hybridized carbons (Fsp3) is 1.00. The Hall–Kier alpha value is 0.620. The van der Waals surface area contributed by atoms with Crippen LogP contribution in [0.2, 0.25) is 0 Å². The molecule has 0 unspecified atom stereocenters. The van der Waals surface area contributed by atoms with E-state index in [4.69, 9.17) is 0 Å². The van der Waals surface area contributed by atoms with Crippen LogP contribution >= 0.6 is 22.0 Å². The molecule has 0 aromatic heterocycles. The van der Waals surface area contributed by atoms with E-state index in [0.29, 0.717) is 0 Å². The minimum atomic E-state index is 0.830. The fourth-order valence-corrected chi connectivity index (χ4v) is 6.49. The average molecular weight is 317 g/mol. The molecule has 2 nitrogen and oxygen atoms in total. The first-order chi connectivity index (χ1) is 9.85. The molecular weight excluding hydrogens is 284 g/mol. The van der Waals surface area contributed by atoms with E-state index in [1.807, 2.05) is 22.0 Å². The van der Waals surface area contributed by atoms with E-state index < -0.39 is 0 Å². The third kappa shape index (κ3) is 5.11. The van der Waals surface area contributed by atoms with Crippen LogP contribution in [0.15, 0.2) is 0 Å². The molecule has 0 atom stereocenters. The maximum absolute atomic E-state index is 2.65. The molecule has 4 heteroatoms. The molecule has 118 valence electrons. The summed E-state index contributed by atoms with van der Waals surface area (Å²) in [5, 5.41) is 0. The van der Waals surface area contributed by atoms with Crippen molar-refractivity contribution in [3.05, 3.63) is 0 Å². The minimum Gasteiger partial charge on any atom is -0.237 e. The highest BCUT2D eigenvalue weighted by Gasteiger charge is 2.24. The fourth-order valence-electron chi connectivity index (χ4n) is 3.57. The van der Waals surface area contributed by atoms with Crippen LogP contribution < -0.4 is 0 Å². The van der Waals surface area contributed by atoms with Gasteiger partial charge in [0.05, 0.1) is 0 Å². The van der Waals surface area contributed by atoms with Crippen molar-refractivity contribution in [2.45, 2.75) is 90.1 Å². The molecular formula is C16H32N2S2. The van der Waals surface area contributed by atoms with Crippen LogP contribution in [0.1, 0.15) is 78.1 Å². The maximum atomic E-state index is 2.65. The Morgan fingerprint density at radius 3 is 1.30 bits per heavy atom. The van der Waals surface area contributed by atoms with Gasteiger partial charge in [0, 0.05) is 47.1 Å². The Morgan fingerprint density at radius 1 is 0.650 bits per heavy atom. The monoisotopic (exact) mass is 316 g/mol. The van der Waals surface area contributed by atoms with E-state index in [0.717, 1.165) is 12.1 Å². The van der Waals surface area contributed by atoms with Gasteiger partial charge in [-0.1, -0.05) is 52.4 Å². The number of hydrogen-bond acceptors (Lipinski definition) is 4. The van der Waals surface area contributed by atoms with Crippen LogP contribution in [0.25, 0.3) is 0 Å². The van der Waals surface area contributed by atoms with Crippen molar-refractivity contribution in [1.82, 2.24) is 8.61 Å². The Labute approximate surface area is 134 Å². The summed E-state index contributed by atoms with van der Waals surface area (Å²) in [6, 6.07) is 1.66. The lowest BCUT2D eigenvalue weighted by molar-refractivity contribution is 0.278. The molecule has 0 aliphatic heterocycles. The molecule has 2 aliphatic rings. The van der Waals surface area contributed by atoms with Crippen molar-refractivity contribution in [2.75, 3.05) is 13.1 Å². The molecule has 0 bridgehead atoms. The molecule has 2 saturated carbocycles. The van der Waals surface area contributed by atoms with Crippen LogP contribution in [-0.4, -0.2) is 33.8 Å². The first-order valence-electron chi connectivity index (χ1n) is 8.73. The first-order valence-corrected chi connectivity index (χ1v) is 10.8. The predicted octanol–water partition coefficient (Wildman–Crippen LogP) is 5.51. The molecule has 0 saturated heterocycles. The van der Waals surface area contributed by atoms with Crippen LogP contribution in [0.3, 0.4) is 0 Å². The van der Waals surface area contributed by atoms with E-state index in [1.165, 1.54) is 77.3 Å². The molecule has 2 fully saturated rings. The van der Waals surface area contributed by atoms with Gasteiger partial charge in [0.15, 0.2) is 0 Å². The van der Waals surface area contributed by atoms with Gasteiger partial charge >= 0.3 is 0 Å². The van der Waals surface area contributed by atoms with Gasteiger partial charge in [0.2, 0.25) is 0 Å². The summed E-state index contributed by atoms with van der Waals surface area (Å²) in [4.78, 5) is 0. The number of hydrogen-bond donors (Lipinski definition) is 0. The van der Waals surface area contributed by atoms with Crippen LogP contribution in [-0.2, 0) is 0 Å². The second-order valence-electron chi connectivity index (χ2n) is 6.20. The van der Waals surface area contributed by atoms with E-state index in [1.54, 1.807) is 0 Å². The Kier molecular flexibility index (Phi) is 8.15. The summed E-state index contributed by atoms with van der Waals surface area (Å²) in [6.07, 6.45) is 14.3. The van der Waals surface area contributed by atoms with Crippen molar-refractivity contribution >= 4 is 22.0 Å². The smallest absolute Gasteiger partial charge is 0.0210 e. The Morgan fingerprint density at radius 2 is 1.00 bits per heavy atom. The topological polar surface area (TPSA) is 6.48 Å². The molecule has 2 aliphatic carbocycles. The van der Waals surface area contributed by atoms with E-state index in [2.05, 4.69) is 22.5 Å². The van der Waals surface area contributed by atoms with Crippen molar-refractivity contribution in [2.24, 2.45) is 0 Å². The van der Waals surface area contributed by atoms with Crippen LogP contribution in [0, 0.1) is 0 Å². The van der Waals surface area contributed by atoms with E-state index in [-0.39, 0.29) is 0 Å². The van der Waals surface area contributed by atoms with Gasteiger partial charge in [-0.3, -0.25) is 0 Å². The summed E-state index contributed by atoms with van der Waals surface area (Å²) in [5.74, 6) is 0. The van der Waals surface area contributed by atoms with Crippen LogP contribution in [0.5, 0.6) is 0 Å². The minimum absolute atomic E-state index is 0.830. The van der Waals surface area contributed by atoms with Gasteiger partial charge in [0.1, 0.15) is 0 Å². The van der Waals surface area contributed by atoms with Gasteiger partial charge in [-0.2, -0.15) is 0 Å². The predicted molar refractivity (Wildman–Crippen MR) is 93.7 cm³/mol. The summed E-state index contributed by atoms with van der Waals surface area (Å²) >= 11 is 0. The molecule has 20 heavy (non-hydrogen) atoms. The molecule has 0 radical (unpaired) electrons. The lowest BCUT2D eigenvalue weighted by atomic mass is 9.95. The van der Waals surface area contributed by atoms with E-state index in [9.17, 15) is 0 Å². The van der Waals surface area contributed by atoms with Crippen LogP contribution in [0.4, 0.5) is 0 Å². The van der Waals surface area contributed by atoms with Crippen molar-refractivity contribution in [3.8, 4) is 0 Å². The molecule has 2 rings (SSSR count). The molecule has 0 N–H and O–H groups in total. The van der Waals surface area contributed by atoms with Gasteiger partial charge in [-0.05, 0) is 25.7 Å². The Balaban J connectivity index is 1.77. The highest BCUT2D eigenvalue weighted by molar-refractivity contribution is 8.74. The van der Waals surface area contributed by atoms with Crippen molar-refractivity contribution in [3.63, 3.8) is 0 Å². The van der Waals surface area contributed by atoms with Gasteiger partial charge < -0.3 is 0 Å². The van der Waals surface area contributed by atoms with Crippen molar-refractivity contribution < 1.29 is 0 Å². The van der Waals surface area contributed by atoms with Gasteiger partial charge in [0.25, 0.3) is 0 Å². The Bertz CT molecular complexity index is 225. The van der Waals surface area contributed by atoms with Gasteiger partial charge in [-0.15, -0.1) is 0 Å². The number of nitrogens with zero attached hydrogens (tertiary/aromatic N) is 2. The largest absolute Gasteiger partial charge is 0.237 e. The lowest BCUT2D eigenvalue weighted by Gasteiger charge is -2.36. The van der Waals surface area contributed by atoms with Gasteiger partial charge in [-0.25, -0.2) is 8.61 Å². The average Bonchev–Trinajstić information content (AvgIpc) is 2.53. The summed E-state index contributed by atoms with van der Waals surface area (Å²) in [6.45, 7) is 7.01. The molecule has 0 aromatic carbocycles. The summed E-state index contributed by atoms with van der Waals surface area (Å²) < 4.78 is 5.30. The standard InChI is InChI=1S/C16H32N2S2/c1-3-17(15-11-7-5-8-12-15)19-20-18(4-2)16-13-9-6-10-14-16/h15-16H,3-14H2,1-2H3. The van der Waals surface area contributed by atoms with Crippen molar-refractivity contribution in [1.29, 1.82) is 0 Å². The second-order valence-corrected chi connectivity index (χ2v) is 8.33. The molecule has 0 heterocycles. The third-order valence-corrected chi connectivity index (χ3v) is 7.72. The molecule has 0 aromatic rings. The second kappa shape index (κ2) is 9.60. The summed E-state index contributed by atoms with van der Waals surface area (Å²) in [7, 11) is 4.06. The highest BCUT2D eigenvalue weighted by atomic mass is 33.1. The number of rotatable bonds is 7.